The lowest BCUT2D eigenvalue weighted by Gasteiger charge is -2.29. The predicted octanol–water partition coefficient (Wildman–Crippen LogP) is 1.34. The Labute approximate surface area is 85.5 Å². The molecule has 1 aromatic carbocycles. The number of nitrogens with one attached hydrogen (secondary N) is 1. The van der Waals surface area contributed by atoms with Gasteiger partial charge in [-0.2, -0.15) is 0 Å². The minimum atomic E-state index is 0.647. The lowest BCUT2D eigenvalue weighted by atomic mass is 9.86. The lowest BCUT2D eigenvalue weighted by Crippen LogP contribution is -2.38. The Bertz CT molecular complexity index is 271. The van der Waals surface area contributed by atoms with Crippen LogP contribution in [-0.2, 0) is 0 Å². The van der Waals surface area contributed by atoms with Gasteiger partial charge in [0, 0.05) is 6.54 Å². The normalized spacial score (nSPS) is 27.5. The van der Waals surface area contributed by atoms with Crippen LogP contribution in [0.2, 0.25) is 0 Å². The van der Waals surface area contributed by atoms with Crippen LogP contribution < -0.4 is 11.1 Å². The average molecular weight is 190 g/mol. The van der Waals surface area contributed by atoms with E-state index in [1.165, 1.54) is 12.0 Å². The largest absolute Gasteiger partial charge is 0.330 e. The lowest BCUT2D eigenvalue weighted by molar-refractivity contribution is 0.348. The Morgan fingerprint density at radius 1 is 1.21 bits per heavy atom. The highest BCUT2D eigenvalue weighted by Gasteiger charge is 2.21. The zero-order valence-corrected chi connectivity index (χ0v) is 8.45. The first kappa shape index (κ1) is 9.69. The summed E-state index contributed by atoms with van der Waals surface area (Å²) in [5, 5.41) is 3.45. The van der Waals surface area contributed by atoms with Gasteiger partial charge in [-0.1, -0.05) is 30.3 Å². The summed E-state index contributed by atoms with van der Waals surface area (Å²) in [5.41, 5.74) is 7.15. The topological polar surface area (TPSA) is 38.0 Å². The van der Waals surface area contributed by atoms with Gasteiger partial charge in [0.15, 0.2) is 0 Å². The smallest absolute Gasteiger partial charge is 0.00203 e. The van der Waals surface area contributed by atoms with Crippen molar-refractivity contribution < 1.29 is 0 Å². The molecule has 2 heteroatoms. The molecule has 1 aliphatic rings. The third-order valence-electron chi connectivity index (χ3n) is 3.05. The van der Waals surface area contributed by atoms with Crippen molar-refractivity contribution >= 4 is 0 Å². The second-order valence-electron chi connectivity index (χ2n) is 4.10. The van der Waals surface area contributed by atoms with Gasteiger partial charge in [0.2, 0.25) is 0 Å². The Hall–Kier alpha value is -0.860. The Kier molecular flexibility index (Phi) is 3.17. The van der Waals surface area contributed by atoms with Gasteiger partial charge < -0.3 is 11.1 Å². The molecule has 0 bridgehead atoms. The number of hydrogen-bond acceptors (Lipinski definition) is 2. The molecule has 14 heavy (non-hydrogen) atoms. The van der Waals surface area contributed by atoms with E-state index >= 15 is 0 Å². The molecule has 0 unspecified atom stereocenters. The van der Waals surface area contributed by atoms with E-state index < -0.39 is 0 Å². The van der Waals surface area contributed by atoms with E-state index in [0.717, 1.165) is 19.6 Å². The average Bonchev–Trinajstić information content (AvgIpc) is 2.30. The third kappa shape index (κ3) is 2.14. The summed E-state index contributed by atoms with van der Waals surface area (Å²) in [6.45, 7) is 2.98. The summed E-state index contributed by atoms with van der Waals surface area (Å²) in [4.78, 5) is 0. The molecule has 1 aliphatic heterocycles. The van der Waals surface area contributed by atoms with Crippen LogP contribution in [0.3, 0.4) is 0 Å². The van der Waals surface area contributed by atoms with Crippen LogP contribution in [0.4, 0.5) is 0 Å². The van der Waals surface area contributed by atoms with Crippen LogP contribution in [0, 0.1) is 5.92 Å². The monoisotopic (exact) mass is 190 g/mol. The van der Waals surface area contributed by atoms with Crippen LogP contribution in [0.1, 0.15) is 17.9 Å². The number of rotatable bonds is 2. The van der Waals surface area contributed by atoms with E-state index in [1.54, 1.807) is 0 Å². The highest BCUT2D eigenvalue weighted by atomic mass is 14.9. The summed E-state index contributed by atoms with van der Waals surface area (Å²) in [6, 6.07) is 10.7. The van der Waals surface area contributed by atoms with E-state index in [1.807, 2.05) is 0 Å². The molecule has 2 nitrogen and oxygen atoms in total. The first-order valence-electron chi connectivity index (χ1n) is 5.36. The second kappa shape index (κ2) is 4.58. The molecule has 1 fully saturated rings. The second-order valence-corrected chi connectivity index (χ2v) is 4.10. The molecule has 1 aromatic rings. The van der Waals surface area contributed by atoms with Crippen molar-refractivity contribution in [3.8, 4) is 0 Å². The maximum atomic E-state index is 5.70. The van der Waals surface area contributed by atoms with Crippen molar-refractivity contribution in [3.05, 3.63) is 35.9 Å². The summed E-state index contributed by atoms with van der Waals surface area (Å²) < 4.78 is 0. The standard InChI is InChI=1S/C12H18N2/c13-7-10-6-12(9-14-8-10)11-4-2-1-3-5-11/h1-5,10,12,14H,6-9,13H2/t10-,12-/m0/s1. The molecule has 1 heterocycles. The van der Waals surface area contributed by atoms with Crippen molar-refractivity contribution in [2.75, 3.05) is 19.6 Å². The molecule has 0 saturated carbocycles. The van der Waals surface area contributed by atoms with Gasteiger partial charge >= 0.3 is 0 Å². The zero-order valence-electron chi connectivity index (χ0n) is 8.45. The highest BCUT2D eigenvalue weighted by Crippen LogP contribution is 2.25. The summed E-state index contributed by atoms with van der Waals surface area (Å²) in [5.74, 6) is 1.30. The Morgan fingerprint density at radius 2 is 2.00 bits per heavy atom. The molecule has 3 N–H and O–H groups in total. The molecule has 1 saturated heterocycles. The van der Waals surface area contributed by atoms with E-state index in [4.69, 9.17) is 5.73 Å². The highest BCUT2D eigenvalue weighted by molar-refractivity contribution is 5.20. The molecular weight excluding hydrogens is 172 g/mol. The van der Waals surface area contributed by atoms with Gasteiger partial charge in [0.05, 0.1) is 0 Å². The van der Waals surface area contributed by atoms with Crippen LogP contribution in [0.5, 0.6) is 0 Å². The van der Waals surface area contributed by atoms with Crippen LogP contribution in [0.15, 0.2) is 30.3 Å². The third-order valence-corrected chi connectivity index (χ3v) is 3.05. The molecule has 0 radical (unpaired) electrons. The van der Waals surface area contributed by atoms with Gasteiger partial charge in [0.25, 0.3) is 0 Å². The van der Waals surface area contributed by atoms with Crippen LogP contribution in [0.25, 0.3) is 0 Å². The summed E-state index contributed by atoms with van der Waals surface area (Å²) in [6.07, 6.45) is 1.23. The Balaban J connectivity index is 2.04. The zero-order chi connectivity index (χ0) is 9.80. The van der Waals surface area contributed by atoms with Gasteiger partial charge in [-0.05, 0) is 36.9 Å². The molecule has 2 atom stereocenters. The Morgan fingerprint density at radius 3 is 2.71 bits per heavy atom. The minimum absolute atomic E-state index is 0.647. The van der Waals surface area contributed by atoms with Crippen LogP contribution >= 0.6 is 0 Å². The quantitative estimate of drug-likeness (QED) is 0.738. The number of benzene rings is 1. The maximum absolute atomic E-state index is 5.70. The molecule has 0 aromatic heterocycles. The minimum Gasteiger partial charge on any atom is -0.330 e. The van der Waals surface area contributed by atoms with Crippen molar-refractivity contribution in [2.45, 2.75) is 12.3 Å². The van der Waals surface area contributed by atoms with Gasteiger partial charge in [-0.25, -0.2) is 0 Å². The molecule has 0 amide bonds. The van der Waals surface area contributed by atoms with Crippen molar-refractivity contribution in [1.29, 1.82) is 0 Å². The van der Waals surface area contributed by atoms with E-state index in [0.29, 0.717) is 11.8 Å². The maximum Gasteiger partial charge on any atom is 0.00203 e. The predicted molar refractivity (Wildman–Crippen MR) is 59.2 cm³/mol. The first-order chi connectivity index (χ1) is 6.90. The number of piperidine rings is 1. The fourth-order valence-electron chi connectivity index (χ4n) is 2.19. The van der Waals surface area contributed by atoms with E-state index in [9.17, 15) is 0 Å². The van der Waals surface area contributed by atoms with Crippen molar-refractivity contribution in [3.63, 3.8) is 0 Å². The SMILES string of the molecule is NC[C@H]1CNC[C@@H](c2ccccc2)C1. The fraction of sp³-hybridized carbons (Fsp3) is 0.500. The van der Waals surface area contributed by atoms with E-state index in [2.05, 4.69) is 35.6 Å². The molecule has 76 valence electrons. The summed E-state index contributed by atoms with van der Waals surface area (Å²) in [7, 11) is 0. The summed E-state index contributed by atoms with van der Waals surface area (Å²) >= 11 is 0. The van der Waals surface area contributed by atoms with Gasteiger partial charge in [-0.3, -0.25) is 0 Å². The van der Waals surface area contributed by atoms with Crippen molar-refractivity contribution in [2.24, 2.45) is 11.7 Å². The molecule has 2 rings (SSSR count). The van der Waals surface area contributed by atoms with E-state index in [-0.39, 0.29) is 0 Å². The first-order valence-corrected chi connectivity index (χ1v) is 5.36. The van der Waals surface area contributed by atoms with Crippen LogP contribution in [-0.4, -0.2) is 19.6 Å². The molecule has 0 spiro atoms. The number of hydrogen-bond donors (Lipinski definition) is 2. The molecular formula is C12H18N2. The van der Waals surface area contributed by atoms with Gasteiger partial charge in [-0.15, -0.1) is 0 Å². The molecule has 0 aliphatic carbocycles. The fourth-order valence-corrected chi connectivity index (χ4v) is 2.19. The van der Waals surface area contributed by atoms with Gasteiger partial charge in [0.1, 0.15) is 0 Å². The van der Waals surface area contributed by atoms with Crippen molar-refractivity contribution in [1.82, 2.24) is 5.32 Å². The number of nitrogens with two attached hydrogens (primary N) is 1.